The second kappa shape index (κ2) is 8.26. The third kappa shape index (κ3) is 4.61. The lowest BCUT2D eigenvalue weighted by atomic mass is 10.1. The topological polar surface area (TPSA) is 113 Å². The molecule has 0 fully saturated rings. The normalized spacial score (nSPS) is 11.9. The van der Waals surface area contributed by atoms with E-state index in [-0.39, 0.29) is 29.8 Å². The van der Waals surface area contributed by atoms with Crippen molar-refractivity contribution in [3.8, 4) is 0 Å². The molecule has 1 rings (SSSR count). The average molecular weight is 283 g/mol. The predicted octanol–water partition coefficient (Wildman–Crippen LogP) is 1.64. The Morgan fingerprint density at radius 2 is 2.05 bits per heavy atom. The summed E-state index contributed by atoms with van der Waals surface area (Å²) < 4.78 is 0. The van der Waals surface area contributed by atoms with Crippen molar-refractivity contribution in [3.05, 3.63) is 16.4 Å². The summed E-state index contributed by atoms with van der Waals surface area (Å²) in [5.41, 5.74) is -0.142. The molecule has 3 N–H and O–H groups in total. The predicted molar refractivity (Wildman–Crippen MR) is 76.8 cm³/mol. The van der Waals surface area contributed by atoms with E-state index in [1.165, 1.54) is 6.33 Å². The lowest BCUT2D eigenvalue weighted by molar-refractivity contribution is -0.383. The Balaban J connectivity index is 2.86. The van der Waals surface area contributed by atoms with Gasteiger partial charge in [-0.25, -0.2) is 9.97 Å². The maximum Gasteiger partial charge on any atom is 0.353 e. The van der Waals surface area contributed by atoms with E-state index in [9.17, 15) is 10.1 Å². The zero-order valence-electron chi connectivity index (χ0n) is 11.8. The molecule has 1 heterocycles. The standard InChI is InChI=1S/C12H21N5O3/c1-3-5-13-11-10(17(19)20)12(16-8-15-11)14-7-9(2)4-6-18/h8-9,18H,3-7H2,1-2H3,(H2,13,14,15,16). The lowest BCUT2D eigenvalue weighted by Gasteiger charge is -2.12. The van der Waals surface area contributed by atoms with Crippen LogP contribution in [0.3, 0.4) is 0 Å². The van der Waals surface area contributed by atoms with Gasteiger partial charge in [0, 0.05) is 19.7 Å². The summed E-state index contributed by atoms with van der Waals surface area (Å²) in [5, 5.41) is 25.9. The largest absolute Gasteiger partial charge is 0.396 e. The summed E-state index contributed by atoms with van der Waals surface area (Å²) in [7, 11) is 0. The first kappa shape index (κ1) is 16.1. The molecule has 0 radical (unpaired) electrons. The summed E-state index contributed by atoms with van der Waals surface area (Å²) in [6.07, 6.45) is 2.77. The Hall–Kier alpha value is -1.96. The first-order valence-electron chi connectivity index (χ1n) is 6.68. The summed E-state index contributed by atoms with van der Waals surface area (Å²) in [5.74, 6) is 0.624. The molecular weight excluding hydrogens is 262 g/mol. The van der Waals surface area contributed by atoms with E-state index in [0.29, 0.717) is 19.5 Å². The molecule has 0 aliphatic carbocycles. The van der Waals surface area contributed by atoms with Gasteiger partial charge in [-0.2, -0.15) is 0 Å². The SMILES string of the molecule is CCCNc1ncnc(NCC(C)CCO)c1[N+](=O)[O-]. The molecule has 0 saturated heterocycles. The highest BCUT2D eigenvalue weighted by atomic mass is 16.6. The van der Waals surface area contributed by atoms with E-state index < -0.39 is 4.92 Å². The molecule has 20 heavy (non-hydrogen) atoms. The van der Waals surface area contributed by atoms with Gasteiger partial charge in [0.15, 0.2) is 0 Å². The van der Waals surface area contributed by atoms with Gasteiger partial charge in [-0.3, -0.25) is 10.1 Å². The smallest absolute Gasteiger partial charge is 0.353 e. The summed E-state index contributed by atoms with van der Waals surface area (Å²) in [6, 6.07) is 0. The fourth-order valence-corrected chi connectivity index (χ4v) is 1.65. The van der Waals surface area contributed by atoms with Crippen molar-refractivity contribution < 1.29 is 10.0 Å². The van der Waals surface area contributed by atoms with Gasteiger partial charge >= 0.3 is 5.69 Å². The molecule has 0 spiro atoms. The number of nitrogens with one attached hydrogen (secondary N) is 2. The quantitative estimate of drug-likeness (QED) is 0.466. The summed E-state index contributed by atoms with van der Waals surface area (Å²) >= 11 is 0. The number of hydrogen-bond donors (Lipinski definition) is 3. The van der Waals surface area contributed by atoms with Crippen LogP contribution in [0.15, 0.2) is 6.33 Å². The van der Waals surface area contributed by atoms with Crippen LogP contribution in [0.4, 0.5) is 17.3 Å². The Labute approximate surface area is 117 Å². The van der Waals surface area contributed by atoms with Crippen molar-refractivity contribution in [1.29, 1.82) is 0 Å². The fraction of sp³-hybridized carbons (Fsp3) is 0.667. The molecule has 1 unspecified atom stereocenters. The van der Waals surface area contributed by atoms with E-state index in [0.717, 1.165) is 6.42 Å². The molecule has 0 aromatic carbocycles. The number of rotatable bonds is 9. The number of anilines is 2. The van der Waals surface area contributed by atoms with E-state index in [4.69, 9.17) is 5.11 Å². The molecule has 1 aromatic rings. The molecule has 0 aliphatic heterocycles. The maximum absolute atomic E-state index is 11.2. The highest BCUT2D eigenvalue weighted by Gasteiger charge is 2.22. The number of nitro groups is 1. The molecule has 0 aliphatic rings. The first-order chi connectivity index (χ1) is 9.60. The van der Waals surface area contributed by atoms with Gasteiger partial charge in [0.1, 0.15) is 6.33 Å². The second-order valence-electron chi connectivity index (χ2n) is 4.60. The molecule has 8 heteroatoms. The third-order valence-corrected chi connectivity index (χ3v) is 2.79. The minimum atomic E-state index is -0.489. The summed E-state index contributed by atoms with van der Waals surface area (Å²) in [6.45, 7) is 5.13. The minimum absolute atomic E-state index is 0.0953. The number of nitrogens with zero attached hydrogens (tertiary/aromatic N) is 3. The van der Waals surface area contributed by atoms with Crippen molar-refractivity contribution >= 4 is 17.3 Å². The van der Waals surface area contributed by atoms with Gasteiger partial charge in [-0.05, 0) is 18.8 Å². The Morgan fingerprint density at radius 3 is 2.60 bits per heavy atom. The van der Waals surface area contributed by atoms with Gasteiger partial charge in [-0.1, -0.05) is 13.8 Å². The highest BCUT2D eigenvalue weighted by Crippen LogP contribution is 2.28. The highest BCUT2D eigenvalue weighted by molar-refractivity contribution is 5.69. The van der Waals surface area contributed by atoms with Crippen LogP contribution in [0.5, 0.6) is 0 Å². The molecule has 1 aromatic heterocycles. The molecule has 0 bridgehead atoms. The fourth-order valence-electron chi connectivity index (χ4n) is 1.65. The van der Waals surface area contributed by atoms with Crippen LogP contribution in [0.2, 0.25) is 0 Å². The molecule has 112 valence electrons. The molecule has 8 nitrogen and oxygen atoms in total. The Bertz CT molecular complexity index is 441. The van der Waals surface area contributed by atoms with Gasteiger partial charge in [0.05, 0.1) is 4.92 Å². The van der Waals surface area contributed by atoms with Crippen molar-refractivity contribution in [1.82, 2.24) is 9.97 Å². The maximum atomic E-state index is 11.2. The lowest BCUT2D eigenvalue weighted by Crippen LogP contribution is -2.16. The molecule has 0 saturated carbocycles. The van der Waals surface area contributed by atoms with Crippen LogP contribution >= 0.6 is 0 Å². The van der Waals surface area contributed by atoms with Crippen LogP contribution in [0.25, 0.3) is 0 Å². The minimum Gasteiger partial charge on any atom is -0.396 e. The van der Waals surface area contributed by atoms with Gasteiger partial charge in [-0.15, -0.1) is 0 Å². The number of aromatic nitrogens is 2. The van der Waals surface area contributed by atoms with E-state index >= 15 is 0 Å². The van der Waals surface area contributed by atoms with Crippen LogP contribution in [-0.4, -0.2) is 39.7 Å². The van der Waals surface area contributed by atoms with Crippen molar-refractivity contribution in [2.75, 3.05) is 30.3 Å². The molecule has 0 amide bonds. The molecule has 1 atom stereocenters. The van der Waals surface area contributed by atoms with Crippen LogP contribution in [0, 0.1) is 16.0 Å². The van der Waals surface area contributed by atoms with E-state index in [1.807, 2.05) is 13.8 Å². The van der Waals surface area contributed by atoms with Gasteiger partial charge in [0.2, 0.25) is 11.6 Å². The van der Waals surface area contributed by atoms with Crippen molar-refractivity contribution in [2.24, 2.45) is 5.92 Å². The monoisotopic (exact) mass is 283 g/mol. The van der Waals surface area contributed by atoms with E-state index in [2.05, 4.69) is 20.6 Å². The van der Waals surface area contributed by atoms with Crippen LogP contribution < -0.4 is 10.6 Å². The van der Waals surface area contributed by atoms with Crippen molar-refractivity contribution in [2.45, 2.75) is 26.7 Å². The van der Waals surface area contributed by atoms with Gasteiger partial charge in [0.25, 0.3) is 0 Å². The van der Waals surface area contributed by atoms with E-state index in [1.54, 1.807) is 0 Å². The summed E-state index contributed by atoms with van der Waals surface area (Å²) in [4.78, 5) is 18.5. The van der Waals surface area contributed by atoms with Crippen molar-refractivity contribution in [3.63, 3.8) is 0 Å². The Morgan fingerprint density at radius 1 is 1.40 bits per heavy atom. The number of hydrogen-bond acceptors (Lipinski definition) is 7. The molecular formula is C12H21N5O3. The Kier molecular flexibility index (Phi) is 6.65. The second-order valence-corrected chi connectivity index (χ2v) is 4.60. The average Bonchev–Trinajstić information content (AvgIpc) is 2.42. The zero-order chi connectivity index (χ0) is 15.0. The van der Waals surface area contributed by atoms with Crippen LogP contribution in [-0.2, 0) is 0 Å². The zero-order valence-corrected chi connectivity index (χ0v) is 11.8. The van der Waals surface area contributed by atoms with Gasteiger partial charge < -0.3 is 15.7 Å². The number of aliphatic hydroxyl groups excluding tert-OH is 1. The first-order valence-corrected chi connectivity index (χ1v) is 6.68. The van der Waals surface area contributed by atoms with Crippen LogP contribution in [0.1, 0.15) is 26.7 Å². The third-order valence-electron chi connectivity index (χ3n) is 2.79. The number of aliphatic hydroxyl groups is 1.